The third-order valence-corrected chi connectivity index (χ3v) is 4.08. The Kier molecular flexibility index (Phi) is 5.00. The Morgan fingerprint density at radius 1 is 1.16 bits per heavy atom. The largest absolute Gasteiger partial charge is 0.508 e. The van der Waals surface area contributed by atoms with E-state index in [1.165, 1.54) is 0 Å². The first-order valence-electron chi connectivity index (χ1n) is 7.93. The van der Waals surface area contributed by atoms with E-state index < -0.39 is 12.0 Å². The molecule has 1 aliphatic rings. The second-order valence-electron chi connectivity index (χ2n) is 5.50. The molecule has 0 spiro atoms. The van der Waals surface area contributed by atoms with E-state index in [9.17, 15) is 9.90 Å². The highest BCUT2D eigenvalue weighted by molar-refractivity contribution is 7.80. The second kappa shape index (κ2) is 7.36. The van der Waals surface area contributed by atoms with Crippen LogP contribution in [0.2, 0.25) is 0 Å². The van der Waals surface area contributed by atoms with Crippen molar-refractivity contribution in [2.24, 2.45) is 0 Å². The van der Waals surface area contributed by atoms with E-state index in [1.807, 2.05) is 30.3 Å². The van der Waals surface area contributed by atoms with Crippen LogP contribution in [0, 0.1) is 0 Å². The first-order chi connectivity index (χ1) is 12.1. The number of hydrogen-bond acceptors (Lipinski definition) is 4. The molecule has 1 atom stereocenters. The van der Waals surface area contributed by atoms with Gasteiger partial charge in [-0.2, -0.15) is 0 Å². The Bertz CT molecular complexity index is 816. The normalized spacial score (nSPS) is 16.8. The van der Waals surface area contributed by atoms with Gasteiger partial charge in [0, 0.05) is 0 Å². The van der Waals surface area contributed by atoms with Crippen LogP contribution in [0.4, 0.5) is 0 Å². The van der Waals surface area contributed by atoms with Crippen LogP contribution in [0.15, 0.2) is 60.2 Å². The van der Waals surface area contributed by atoms with Gasteiger partial charge in [-0.25, -0.2) is 4.79 Å². The molecule has 0 saturated carbocycles. The molecule has 1 aliphatic heterocycles. The molecule has 0 fully saturated rings. The molecule has 3 N–H and O–H groups in total. The topological polar surface area (TPSA) is 70.6 Å². The number of nitrogens with one attached hydrogen (secondary N) is 2. The van der Waals surface area contributed by atoms with Gasteiger partial charge >= 0.3 is 5.97 Å². The van der Waals surface area contributed by atoms with Crippen LogP contribution >= 0.6 is 12.2 Å². The second-order valence-corrected chi connectivity index (χ2v) is 5.91. The summed E-state index contributed by atoms with van der Waals surface area (Å²) in [7, 11) is 0. The maximum atomic E-state index is 12.7. The summed E-state index contributed by atoms with van der Waals surface area (Å²) in [5.74, 6) is -0.257. The lowest BCUT2D eigenvalue weighted by atomic mass is 9.93. The Hall–Kier alpha value is -2.86. The highest BCUT2D eigenvalue weighted by Gasteiger charge is 2.33. The third-order valence-electron chi connectivity index (χ3n) is 3.86. The molecule has 0 aromatic heterocycles. The Balaban J connectivity index is 2.16. The van der Waals surface area contributed by atoms with Crippen molar-refractivity contribution >= 4 is 29.0 Å². The third kappa shape index (κ3) is 3.64. The lowest BCUT2D eigenvalue weighted by Crippen LogP contribution is -2.45. The summed E-state index contributed by atoms with van der Waals surface area (Å²) in [5.41, 5.74) is 2.73. The monoisotopic (exact) mass is 354 g/mol. The summed E-state index contributed by atoms with van der Waals surface area (Å²) in [6.07, 6.45) is 0. The zero-order valence-corrected chi connectivity index (χ0v) is 14.5. The van der Waals surface area contributed by atoms with Gasteiger partial charge in [0.1, 0.15) is 5.75 Å². The molecular formula is C19H18N2O3S. The SMILES string of the molecule is CCOC(=O)C1=C(c2ccccc2)NC(=S)N[C@@H]1c1ccc(O)cc1. The first kappa shape index (κ1) is 17.0. The minimum absolute atomic E-state index is 0.158. The van der Waals surface area contributed by atoms with Crippen molar-refractivity contribution in [1.82, 2.24) is 10.6 Å². The van der Waals surface area contributed by atoms with Crippen LogP contribution in [-0.2, 0) is 9.53 Å². The number of carbonyl (C=O) groups is 1. The van der Waals surface area contributed by atoms with Gasteiger partial charge in [0.15, 0.2) is 5.11 Å². The van der Waals surface area contributed by atoms with Crippen molar-refractivity contribution in [3.63, 3.8) is 0 Å². The Morgan fingerprint density at radius 3 is 2.48 bits per heavy atom. The fourth-order valence-electron chi connectivity index (χ4n) is 2.74. The molecule has 0 saturated heterocycles. The van der Waals surface area contributed by atoms with Crippen LogP contribution in [-0.4, -0.2) is 22.8 Å². The van der Waals surface area contributed by atoms with E-state index in [4.69, 9.17) is 17.0 Å². The number of carbonyl (C=O) groups excluding carboxylic acids is 1. The first-order valence-corrected chi connectivity index (χ1v) is 8.34. The molecular weight excluding hydrogens is 336 g/mol. The maximum Gasteiger partial charge on any atom is 0.338 e. The van der Waals surface area contributed by atoms with Crippen molar-refractivity contribution in [2.45, 2.75) is 13.0 Å². The molecule has 0 unspecified atom stereocenters. The predicted octanol–water partition coefficient (Wildman–Crippen LogP) is 2.89. The molecule has 3 rings (SSSR count). The van der Waals surface area contributed by atoms with Gasteiger partial charge in [-0.3, -0.25) is 0 Å². The summed E-state index contributed by atoms with van der Waals surface area (Å²) >= 11 is 5.33. The van der Waals surface area contributed by atoms with E-state index in [0.717, 1.165) is 11.1 Å². The zero-order chi connectivity index (χ0) is 17.8. The van der Waals surface area contributed by atoms with Crippen LogP contribution in [0.1, 0.15) is 24.1 Å². The summed E-state index contributed by atoms with van der Waals surface area (Å²) in [6.45, 7) is 2.04. The number of hydrogen-bond donors (Lipinski definition) is 3. The van der Waals surface area contributed by atoms with E-state index in [1.54, 1.807) is 31.2 Å². The average molecular weight is 354 g/mol. The summed E-state index contributed by atoms with van der Waals surface area (Å²) in [4.78, 5) is 12.7. The molecule has 2 aromatic carbocycles. The molecule has 0 radical (unpaired) electrons. The van der Waals surface area contributed by atoms with Gasteiger partial charge < -0.3 is 20.5 Å². The van der Waals surface area contributed by atoms with E-state index in [-0.39, 0.29) is 12.4 Å². The molecule has 25 heavy (non-hydrogen) atoms. The molecule has 6 heteroatoms. The van der Waals surface area contributed by atoms with Crippen LogP contribution in [0.5, 0.6) is 5.75 Å². The van der Waals surface area contributed by atoms with Crippen molar-refractivity contribution in [3.8, 4) is 5.75 Å². The van der Waals surface area contributed by atoms with Crippen molar-refractivity contribution in [2.75, 3.05) is 6.61 Å². The standard InChI is InChI=1S/C19H18N2O3S/c1-2-24-18(23)15-16(12-6-4-3-5-7-12)20-19(25)21-17(15)13-8-10-14(22)11-9-13/h3-11,17,22H,2H2,1H3,(H2,20,21,25)/t17-/m1/s1. The predicted molar refractivity (Wildman–Crippen MR) is 99.7 cm³/mol. The maximum absolute atomic E-state index is 12.7. The van der Waals surface area contributed by atoms with E-state index in [2.05, 4.69) is 10.6 Å². The van der Waals surface area contributed by atoms with Gasteiger partial charge in [-0.1, -0.05) is 42.5 Å². The van der Waals surface area contributed by atoms with Gasteiger partial charge in [0.25, 0.3) is 0 Å². The lowest BCUT2D eigenvalue weighted by molar-refractivity contribution is -0.138. The van der Waals surface area contributed by atoms with E-state index in [0.29, 0.717) is 16.4 Å². The molecule has 0 bridgehead atoms. The zero-order valence-electron chi connectivity index (χ0n) is 13.7. The molecule has 0 aliphatic carbocycles. The minimum Gasteiger partial charge on any atom is -0.508 e. The van der Waals surface area contributed by atoms with Gasteiger partial charge in [0.2, 0.25) is 0 Å². The molecule has 128 valence electrons. The number of phenols is 1. The smallest absolute Gasteiger partial charge is 0.338 e. The average Bonchev–Trinajstić information content (AvgIpc) is 2.62. The highest BCUT2D eigenvalue weighted by atomic mass is 32.1. The van der Waals surface area contributed by atoms with Gasteiger partial charge in [-0.05, 0) is 42.4 Å². The number of phenolic OH excluding ortho intramolecular Hbond substituents is 1. The molecule has 5 nitrogen and oxygen atoms in total. The fourth-order valence-corrected chi connectivity index (χ4v) is 2.96. The van der Waals surface area contributed by atoms with Crippen molar-refractivity contribution in [1.29, 1.82) is 0 Å². The van der Waals surface area contributed by atoms with Crippen molar-refractivity contribution in [3.05, 3.63) is 71.3 Å². The van der Waals surface area contributed by atoms with E-state index >= 15 is 0 Å². The number of benzene rings is 2. The number of rotatable bonds is 4. The summed E-state index contributed by atoms with van der Waals surface area (Å²) in [5, 5.41) is 16.2. The fraction of sp³-hybridized carbons (Fsp3) is 0.158. The van der Waals surface area contributed by atoms with Crippen LogP contribution < -0.4 is 10.6 Å². The molecule has 1 heterocycles. The van der Waals surface area contributed by atoms with Crippen LogP contribution in [0.3, 0.4) is 0 Å². The van der Waals surface area contributed by atoms with Gasteiger partial charge in [-0.15, -0.1) is 0 Å². The highest BCUT2D eigenvalue weighted by Crippen LogP contribution is 2.32. The summed E-state index contributed by atoms with van der Waals surface area (Å²) in [6, 6.07) is 15.7. The quantitative estimate of drug-likeness (QED) is 0.579. The van der Waals surface area contributed by atoms with Crippen molar-refractivity contribution < 1.29 is 14.6 Å². The number of esters is 1. The molecule has 2 aromatic rings. The number of ether oxygens (including phenoxy) is 1. The van der Waals surface area contributed by atoms with Crippen LogP contribution in [0.25, 0.3) is 5.70 Å². The molecule has 0 amide bonds. The Morgan fingerprint density at radius 2 is 1.84 bits per heavy atom. The lowest BCUT2D eigenvalue weighted by Gasteiger charge is -2.31. The number of aromatic hydroxyl groups is 1. The minimum atomic E-state index is -0.469. The Labute approximate surface area is 151 Å². The van der Waals surface area contributed by atoms with Gasteiger partial charge in [0.05, 0.1) is 23.9 Å². The summed E-state index contributed by atoms with van der Waals surface area (Å²) < 4.78 is 5.27. The number of thiocarbonyl (C=S) groups is 1.